The minimum absolute atomic E-state index is 0.0726. The van der Waals surface area contributed by atoms with Gasteiger partial charge in [-0.15, -0.1) is 0 Å². The lowest BCUT2D eigenvalue weighted by molar-refractivity contribution is 0.581. The van der Waals surface area contributed by atoms with Gasteiger partial charge in [-0.1, -0.05) is 27.5 Å². The molecule has 2 rings (SSSR count). The molecule has 1 N–H and O–H groups in total. The number of benzene rings is 1. The zero-order valence-corrected chi connectivity index (χ0v) is 13.8. The Morgan fingerprint density at radius 2 is 2.15 bits per heavy atom. The maximum absolute atomic E-state index is 12.1. The molecule has 0 atom stereocenters. The van der Waals surface area contributed by atoms with E-state index < -0.39 is 10.0 Å². The molecular weight excluding hydrogens is 366 g/mol. The Morgan fingerprint density at radius 3 is 2.75 bits per heavy atom. The second kappa shape index (κ2) is 6.26. The molecule has 0 bridgehead atoms. The number of nitrogens with zero attached hydrogens (tertiary/aromatic N) is 2. The molecule has 0 saturated carbocycles. The van der Waals surface area contributed by atoms with Gasteiger partial charge in [0.1, 0.15) is 4.90 Å². The predicted molar refractivity (Wildman–Crippen MR) is 81.3 cm³/mol. The smallest absolute Gasteiger partial charge is 0.242 e. The molecule has 0 amide bonds. The normalized spacial score (nSPS) is 11.8. The first-order chi connectivity index (χ1) is 9.38. The summed E-state index contributed by atoms with van der Waals surface area (Å²) in [5.41, 5.74) is 0.831. The van der Waals surface area contributed by atoms with Crippen LogP contribution in [0.5, 0.6) is 0 Å². The lowest BCUT2D eigenvalue weighted by Gasteiger charge is -2.08. The van der Waals surface area contributed by atoms with Crippen LogP contribution in [0.4, 0.5) is 0 Å². The first-order valence-corrected chi connectivity index (χ1v) is 8.47. The Kier molecular flexibility index (Phi) is 4.85. The first-order valence-electron chi connectivity index (χ1n) is 5.82. The fraction of sp³-hybridized carbons (Fsp3) is 0.250. The van der Waals surface area contributed by atoms with Gasteiger partial charge in [-0.3, -0.25) is 4.68 Å². The number of rotatable bonds is 5. The summed E-state index contributed by atoms with van der Waals surface area (Å²) in [4.78, 5) is 0.0726. The van der Waals surface area contributed by atoms with E-state index in [1.807, 2.05) is 19.3 Å². The molecule has 1 heterocycles. The van der Waals surface area contributed by atoms with Gasteiger partial charge in [0, 0.05) is 30.7 Å². The number of halogens is 2. The summed E-state index contributed by atoms with van der Waals surface area (Å²) in [7, 11) is -1.79. The van der Waals surface area contributed by atoms with Gasteiger partial charge in [0.2, 0.25) is 10.0 Å². The maximum atomic E-state index is 12.1. The molecule has 1 aromatic carbocycles. The quantitative estimate of drug-likeness (QED) is 0.868. The van der Waals surface area contributed by atoms with Crippen LogP contribution in [0.3, 0.4) is 0 Å². The molecule has 0 unspecified atom stereocenters. The zero-order chi connectivity index (χ0) is 14.8. The number of aryl methyl sites for hydroxylation is 1. The van der Waals surface area contributed by atoms with Crippen molar-refractivity contribution in [2.75, 3.05) is 6.54 Å². The van der Waals surface area contributed by atoms with E-state index in [1.165, 1.54) is 6.07 Å². The van der Waals surface area contributed by atoms with Gasteiger partial charge in [0.25, 0.3) is 0 Å². The van der Waals surface area contributed by atoms with Crippen molar-refractivity contribution in [1.82, 2.24) is 14.5 Å². The van der Waals surface area contributed by atoms with Crippen molar-refractivity contribution in [1.29, 1.82) is 0 Å². The Hall–Kier alpha value is -0.890. The van der Waals surface area contributed by atoms with Gasteiger partial charge in [-0.25, -0.2) is 13.1 Å². The second-order valence-electron chi connectivity index (χ2n) is 4.20. The van der Waals surface area contributed by atoms with Crippen molar-refractivity contribution in [2.45, 2.75) is 11.3 Å². The standard InChI is InChI=1S/C12H13BrClN3O2S/c1-17-7-5-10(16-17)4-6-15-20(18,19)12-3-2-9(13)8-11(12)14/h2-3,5,7-8,15H,4,6H2,1H3. The molecular formula is C12H13BrClN3O2S. The highest BCUT2D eigenvalue weighted by Crippen LogP contribution is 2.24. The van der Waals surface area contributed by atoms with E-state index in [2.05, 4.69) is 25.8 Å². The Labute approximate surface area is 131 Å². The molecule has 8 heteroatoms. The topological polar surface area (TPSA) is 64.0 Å². The molecule has 20 heavy (non-hydrogen) atoms. The minimum atomic E-state index is -3.61. The van der Waals surface area contributed by atoms with E-state index >= 15 is 0 Å². The highest BCUT2D eigenvalue weighted by molar-refractivity contribution is 9.10. The first kappa shape index (κ1) is 15.5. The van der Waals surface area contributed by atoms with Crippen molar-refractivity contribution < 1.29 is 8.42 Å². The molecule has 2 aromatic rings. The van der Waals surface area contributed by atoms with Gasteiger partial charge < -0.3 is 0 Å². The summed E-state index contributed by atoms with van der Waals surface area (Å²) in [5, 5.41) is 4.37. The van der Waals surface area contributed by atoms with E-state index in [1.54, 1.807) is 16.8 Å². The third-order valence-corrected chi connectivity index (χ3v) is 5.06. The van der Waals surface area contributed by atoms with Crippen LogP contribution in [-0.4, -0.2) is 24.7 Å². The summed E-state index contributed by atoms with van der Waals surface area (Å²) in [6.07, 6.45) is 2.34. The largest absolute Gasteiger partial charge is 0.276 e. The Balaban J connectivity index is 2.04. The SMILES string of the molecule is Cn1ccc(CCNS(=O)(=O)c2ccc(Br)cc2Cl)n1. The molecule has 0 aliphatic heterocycles. The number of aromatic nitrogens is 2. The van der Waals surface area contributed by atoms with Crippen LogP contribution in [0.2, 0.25) is 5.02 Å². The molecule has 108 valence electrons. The summed E-state index contributed by atoms with van der Waals surface area (Å²) < 4.78 is 29.2. The van der Waals surface area contributed by atoms with Crippen LogP contribution in [-0.2, 0) is 23.5 Å². The average Bonchev–Trinajstić information content (AvgIpc) is 2.74. The molecule has 0 spiro atoms. The highest BCUT2D eigenvalue weighted by atomic mass is 79.9. The highest BCUT2D eigenvalue weighted by Gasteiger charge is 2.17. The lowest BCUT2D eigenvalue weighted by atomic mass is 10.3. The van der Waals surface area contributed by atoms with Crippen molar-refractivity contribution in [3.63, 3.8) is 0 Å². The van der Waals surface area contributed by atoms with Crippen molar-refractivity contribution in [3.05, 3.63) is 45.7 Å². The molecule has 5 nitrogen and oxygen atoms in total. The van der Waals surface area contributed by atoms with Gasteiger partial charge in [0.05, 0.1) is 10.7 Å². The third-order valence-electron chi connectivity index (χ3n) is 2.63. The van der Waals surface area contributed by atoms with Crippen LogP contribution < -0.4 is 4.72 Å². The molecule has 1 aromatic heterocycles. The van der Waals surface area contributed by atoms with Gasteiger partial charge in [0.15, 0.2) is 0 Å². The van der Waals surface area contributed by atoms with E-state index in [0.717, 1.165) is 10.2 Å². The fourth-order valence-electron chi connectivity index (χ4n) is 1.68. The van der Waals surface area contributed by atoms with Crippen LogP contribution in [0.25, 0.3) is 0 Å². The summed E-state index contributed by atoms with van der Waals surface area (Å²) in [5.74, 6) is 0. The Morgan fingerprint density at radius 1 is 1.40 bits per heavy atom. The van der Waals surface area contributed by atoms with Crippen molar-refractivity contribution in [2.24, 2.45) is 7.05 Å². The predicted octanol–water partition coefficient (Wildman–Crippen LogP) is 2.36. The fourth-order valence-corrected chi connectivity index (χ4v) is 3.75. The third kappa shape index (κ3) is 3.82. The number of hydrogen-bond acceptors (Lipinski definition) is 3. The van der Waals surface area contributed by atoms with Gasteiger partial charge in [-0.2, -0.15) is 5.10 Å². The number of hydrogen-bond donors (Lipinski definition) is 1. The van der Waals surface area contributed by atoms with E-state index in [9.17, 15) is 8.42 Å². The van der Waals surface area contributed by atoms with Crippen molar-refractivity contribution >= 4 is 37.6 Å². The van der Waals surface area contributed by atoms with E-state index in [0.29, 0.717) is 6.42 Å². The van der Waals surface area contributed by atoms with Crippen LogP contribution in [0.15, 0.2) is 39.8 Å². The molecule has 0 fully saturated rings. The summed E-state index contributed by atoms with van der Waals surface area (Å²) in [6.45, 7) is 0.270. The van der Waals surface area contributed by atoms with Gasteiger partial charge in [-0.05, 0) is 24.3 Å². The number of nitrogens with one attached hydrogen (secondary N) is 1. The molecule has 0 aliphatic rings. The van der Waals surface area contributed by atoms with E-state index in [-0.39, 0.29) is 16.5 Å². The van der Waals surface area contributed by atoms with Gasteiger partial charge >= 0.3 is 0 Å². The van der Waals surface area contributed by atoms with Crippen LogP contribution in [0, 0.1) is 0 Å². The average molecular weight is 379 g/mol. The molecule has 0 saturated heterocycles. The summed E-state index contributed by atoms with van der Waals surface area (Å²) >= 11 is 9.19. The molecule has 0 radical (unpaired) electrons. The summed E-state index contributed by atoms with van der Waals surface area (Å²) in [6, 6.07) is 6.50. The number of sulfonamides is 1. The monoisotopic (exact) mass is 377 g/mol. The maximum Gasteiger partial charge on any atom is 0.242 e. The zero-order valence-electron chi connectivity index (χ0n) is 10.7. The van der Waals surface area contributed by atoms with E-state index in [4.69, 9.17) is 11.6 Å². The Bertz CT molecular complexity index is 715. The molecule has 0 aliphatic carbocycles. The second-order valence-corrected chi connectivity index (χ2v) is 7.26. The van der Waals surface area contributed by atoms with Crippen LogP contribution in [0.1, 0.15) is 5.69 Å². The van der Waals surface area contributed by atoms with Crippen molar-refractivity contribution in [3.8, 4) is 0 Å². The lowest BCUT2D eigenvalue weighted by Crippen LogP contribution is -2.26. The van der Waals surface area contributed by atoms with Crippen LogP contribution >= 0.6 is 27.5 Å². The minimum Gasteiger partial charge on any atom is -0.276 e.